The van der Waals surface area contributed by atoms with Crippen LogP contribution in [0.2, 0.25) is 0 Å². The van der Waals surface area contributed by atoms with Crippen molar-refractivity contribution in [3.8, 4) is 17.4 Å². The molecule has 0 radical (unpaired) electrons. The molecule has 0 aliphatic carbocycles. The number of halogens is 3. The van der Waals surface area contributed by atoms with Gasteiger partial charge in [-0.05, 0) is 32.3 Å². The molecule has 0 bridgehead atoms. The van der Waals surface area contributed by atoms with Crippen LogP contribution in [-0.2, 0) is 20.5 Å². The number of alkyl halides is 3. The number of alkyl carbamates (subject to hydrolysis) is 1. The molecule has 232 valence electrons. The van der Waals surface area contributed by atoms with Crippen molar-refractivity contribution in [1.82, 2.24) is 20.2 Å². The Hall–Kier alpha value is -4.04. The number of fused-ring (bicyclic) bond motifs is 1. The Balaban J connectivity index is 1.99. The molecular weight excluding hydrogens is 565 g/mol. The minimum absolute atomic E-state index is 0.0523. The van der Waals surface area contributed by atoms with Crippen molar-refractivity contribution in [1.29, 1.82) is 0 Å². The number of aromatic nitrogens is 2. The Morgan fingerprint density at radius 1 is 1.02 bits per heavy atom. The van der Waals surface area contributed by atoms with Crippen molar-refractivity contribution in [2.24, 2.45) is 5.41 Å². The molecule has 3 unspecified atom stereocenters. The summed E-state index contributed by atoms with van der Waals surface area (Å²) in [7, 11) is 2.65. The van der Waals surface area contributed by atoms with Crippen molar-refractivity contribution in [3.05, 3.63) is 18.0 Å². The molecule has 2 amide bonds. The number of rotatable bonds is 7. The summed E-state index contributed by atoms with van der Waals surface area (Å²) in [5.74, 6) is -3.73. The summed E-state index contributed by atoms with van der Waals surface area (Å²) in [6.07, 6.45) is -7.12. The highest BCUT2D eigenvalue weighted by Crippen LogP contribution is 2.38. The molecule has 2 aromatic rings. The first-order valence-corrected chi connectivity index (χ1v) is 13.0. The molecule has 1 aromatic heterocycles. The maximum atomic E-state index is 13.7. The zero-order valence-corrected chi connectivity index (χ0v) is 24.6. The highest BCUT2D eigenvalue weighted by molar-refractivity contribution is 5.91. The van der Waals surface area contributed by atoms with Crippen LogP contribution in [0, 0.1) is 5.41 Å². The number of methoxy groups -OCH3 is 2. The van der Waals surface area contributed by atoms with Gasteiger partial charge in [0.1, 0.15) is 23.8 Å². The van der Waals surface area contributed by atoms with E-state index in [0.29, 0.717) is 0 Å². The topological polar surface area (TPSA) is 149 Å². The fraction of sp³-hybridized carbons (Fsp3) is 0.593. The molecular formula is C27H35F3N4O8. The lowest BCUT2D eigenvalue weighted by molar-refractivity contribution is -0.150. The maximum absolute atomic E-state index is 13.7. The minimum atomic E-state index is -4.92. The molecule has 1 aliphatic rings. The number of likely N-dealkylation sites (tertiary alicyclic amines) is 1. The van der Waals surface area contributed by atoms with E-state index < -0.39 is 65.1 Å². The van der Waals surface area contributed by atoms with Gasteiger partial charge in [0.25, 0.3) is 0 Å². The molecule has 1 aromatic carbocycles. The van der Waals surface area contributed by atoms with Gasteiger partial charge in [0, 0.05) is 12.5 Å². The van der Waals surface area contributed by atoms with Crippen LogP contribution in [0.1, 0.15) is 53.8 Å². The molecule has 0 spiro atoms. The van der Waals surface area contributed by atoms with Gasteiger partial charge in [-0.15, -0.1) is 0 Å². The molecule has 3 atom stereocenters. The average Bonchev–Trinajstić information content (AvgIpc) is 3.28. The average molecular weight is 601 g/mol. The first-order chi connectivity index (χ1) is 19.2. The first kappa shape index (κ1) is 32.5. The summed E-state index contributed by atoms with van der Waals surface area (Å²) in [5, 5.41) is 12.5. The van der Waals surface area contributed by atoms with Crippen molar-refractivity contribution in [3.63, 3.8) is 0 Å². The van der Waals surface area contributed by atoms with E-state index in [-0.39, 0.29) is 35.4 Å². The van der Waals surface area contributed by atoms with Crippen LogP contribution >= 0.6 is 0 Å². The number of carbonyl (C=O) groups excluding carboxylic acids is 2. The first-order valence-electron chi connectivity index (χ1n) is 13.0. The lowest BCUT2D eigenvalue weighted by Gasteiger charge is -2.35. The van der Waals surface area contributed by atoms with Gasteiger partial charge < -0.3 is 34.3 Å². The number of ether oxygens (including phenoxy) is 4. The number of carbonyl (C=O) groups is 3. The number of hydrogen-bond donors (Lipinski definition) is 2. The number of benzene rings is 1. The van der Waals surface area contributed by atoms with E-state index in [9.17, 15) is 32.7 Å². The second-order valence-electron chi connectivity index (χ2n) is 11.8. The summed E-state index contributed by atoms with van der Waals surface area (Å²) in [6.45, 7) is 9.68. The quantitative estimate of drug-likeness (QED) is 0.477. The Labute approximate surface area is 240 Å². The van der Waals surface area contributed by atoms with Crippen LogP contribution in [0.5, 0.6) is 17.4 Å². The van der Waals surface area contributed by atoms with Gasteiger partial charge >= 0.3 is 18.2 Å². The molecule has 1 saturated heterocycles. The normalized spacial score (nSPS) is 18.4. The smallest absolute Gasteiger partial charge is 0.451 e. The molecule has 42 heavy (non-hydrogen) atoms. The molecule has 1 fully saturated rings. The third-order valence-electron chi connectivity index (χ3n) is 6.30. The van der Waals surface area contributed by atoms with Gasteiger partial charge in [-0.25, -0.2) is 14.6 Å². The lowest BCUT2D eigenvalue weighted by atomic mass is 9.85. The number of aliphatic carboxylic acids is 1. The van der Waals surface area contributed by atoms with Crippen molar-refractivity contribution in [2.75, 3.05) is 20.8 Å². The predicted octanol–water partition coefficient (Wildman–Crippen LogP) is 4.04. The van der Waals surface area contributed by atoms with Gasteiger partial charge in [0.15, 0.2) is 11.5 Å². The summed E-state index contributed by atoms with van der Waals surface area (Å²) in [5.41, 5.74) is -1.87. The fourth-order valence-electron chi connectivity index (χ4n) is 4.40. The van der Waals surface area contributed by atoms with Gasteiger partial charge in [0.2, 0.25) is 17.6 Å². The highest BCUT2D eigenvalue weighted by atomic mass is 19.4. The Morgan fingerprint density at radius 2 is 1.62 bits per heavy atom. The lowest BCUT2D eigenvalue weighted by Crippen LogP contribution is -2.57. The van der Waals surface area contributed by atoms with Crippen molar-refractivity contribution < 1.29 is 51.6 Å². The molecule has 2 heterocycles. The number of nitrogens with zero attached hydrogens (tertiary/aromatic N) is 3. The zero-order chi connectivity index (χ0) is 31.8. The summed E-state index contributed by atoms with van der Waals surface area (Å²) in [6, 6.07) is -0.00556. The highest BCUT2D eigenvalue weighted by Gasteiger charge is 2.46. The van der Waals surface area contributed by atoms with E-state index in [1.165, 1.54) is 26.4 Å². The number of hydrogen-bond acceptors (Lipinski definition) is 9. The number of amides is 2. The van der Waals surface area contributed by atoms with E-state index in [0.717, 1.165) is 4.90 Å². The van der Waals surface area contributed by atoms with Crippen LogP contribution < -0.4 is 19.5 Å². The van der Waals surface area contributed by atoms with Crippen LogP contribution in [0.15, 0.2) is 12.1 Å². The SMILES string of the molecule is COc1cc2nc(C(F)(F)F)nc(OC3CC(C(=O)O)N(C(=O)C(NC(=O)OC(C)(C)C)C(C)(C)C)C3)c2cc1OC. The second-order valence-corrected chi connectivity index (χ2v) is 11.8. The third kappa shape index (κ3) is 7.42. The van der Waals surface area contributed by atoms with E-state index in [2.05, 4.69) is 15.3 Å². The summed E-state index contributed by atoms with van der Waals surface area (Å²) >= 11 is 0. The minimum Gasteiger partial charge on any atom is -0.493 e. The molecule has 1 aliphatic heterocycles. The van der Waals surface area contributed by atoms with Crippen molar-refractivity contribution >= 4 is 28.9 Å². The second kappa shape index (κ2) is 11.7. The van der Waals surface area contributed by atoms with Crippen LogP contribution in [0.3, 0.4) is 0 Å². The standard InChI is InChI=1S/C27H35F3N4O8/c1-25(2,3)19(32-24(38)42-26(4,5)6)21(35)34-12-13(9-16(34)22(36)37)41-20-14-10-17(39-7)18(40-8)11-15(14)31-23(33-20)27(28,29)30/h10-11,13,16,19H,9,12H2,1-8H3,(H,32,38)(H,36,37). The van der Waals surface area contributed by atoms with Gasteiger partial charge in [-0.1, -0.05) is 20.8 Å². The Morgan fingerprint density at radius 3 is 2.12 bits per heavy atom. The van der Waals surface area contributed by atoms with Crippen LogP contribution in [0.4, 0.5) is 18.0 Å². The molecule has 0 saturated carbocycles. The molecule has 12 nitrogen and oxygen atoms in total. The van der Waals surface area contributed by atoms with Crippen LogP contribution in [0.25, 0.3) is 10.9 Å². The number of carboxylic acid groups (broad SMARTS) is 1. The number of nitrogens with one attached hydrogen (secondary N) is 1. The Kier molecular flexibility index (Phi) is 9.03. The monoisotopic (exact) mass is 600 g/mol. The van der Waals surface area contributed by atoms with E-state index in [1.54, 1.807) is 41.5 Å². The summed E-state index contributed by atoms with van der Waals surface area (Å²) in [4.78, 5) is 46.6. The molecule has 3 rings (SSSR count). The predicted molar refractivity (Wildman–Crippen MR) is 142 cm³/mol. The molecule has 15 heteroatoms. The van der Waals surface area contributed by atoms with Gasteiger partial charge in [0.05, 0.1) is 31.7 Å². The third-order valence-corrected chi connectivity index (χ3v) is 6.30. The van der Waals surface area contributed by atoms with Crippen molar-refractivity contribution in [2.45, 2.75) is 77.9 Å². The largest absolute Gasteiger partial charge is 0.493 e. The zero-order valence-electron chi connectivity index (χ0n) is 24.6. The summed E-state index contributed by atoms with van der Waals surface area (Å²) < 4.78 is 62.6. The van der Waals surface area contributed by atoms with Gasteiger partial charge in [-0.2, -0.15) is 18.2 Å². The molecule has 2 N–H and O–H groups in total. The maximum Gasteiger partial charge on any atom is 0.451 e. The van der Waals surface area contributed by atoms with E-state index in [4.69, 9.17) is 18.9 Å². The van der Waals surface area contributed by atoms with E-state index in [1.807, 2.05) is 0 Å². The fourth-order valence-corrected chi connectivity index (χ4v) is 4.40. The van der Waals surface area contributed by atoms with Crippen LogP contribution in [-0.4, -0.2) is 82.5 Å². The Bertz CT molecular complexity index is 1350. The number of carboxylic acids is 1. The van der Waals surface area contributed by atoms with Gasteiger partial charge in [-0.3, -0.25) is 4.79 Å². The van der Waals surface area contributed by atoms with E-state index >= 15 is 0 Å².